The number of carbonyl (C=O) groups excluding carboxylic acids is 1. The van der Waals surface area contributed by atoms with Crippen molar-refractivity contribution < 1.29 is 18.3 Å². The fourth-order valence-corrected chi connectivity index (χ4v) is 2.39. The Morgan fingerprint density at radius 3 is 2.60 bits per heavy atom. The van der Waals surface area contributed by atoms with Gasteiger partial charge in [0.2, 0.25) is 6.10 Å². The second kappa shape index (κ2) is 6.60. The zero-order valence-electron chi connectivity index (χ0n) is 11.0. The summed E-state index contributed by atoms with van der Waals surface area (Å²) in [5.41, 5.74) is -0.397. The minimum Gasteiger partial charge on any atom is -0.441 e. The van der Waals surface area contributed by atoms with E-state index in [1.807, 2.05) is 19.8 Å². The van der Waals surface area contributed by atoms with Crippen LogP contribution in [0.2, 0.25) is 0 Å². The third kappa shape index (κ3) is 3.74. The number of halogens is 4. The molecular weight excluding hydrogens is 309 g/mol. The Morgan fingerprint density at radius 2 is 2.15 bits per heavy atom. The van der Waals surface area contributed by atoms with Gasteiger partial charge in [-0.15, -0.1) is 6.42 Å². The first kappa shape index (κ1) is 17.0. The van der Waals surface area contributed by atoms with Gasteiger partial charge in [-0.1, -0.05) is 43.0 Å². The number of carbonyl (C=O) groups is 1. The molecule has 6 heteroatoms. The second-order valence-electron chi connectivity index (χ2n) is 5.01. The summed E-state index contributed by atoms with van der Waals surface area (Å²) in [5, 5.41) is 0. The molecule has 3 unspecified atom stereocenters. The van der Waals surface area contributed by atoms with Crippen LogP contribution >= 0.6 is 23.2 Å². The van der Waals surface area contributed by atoms with Crippen molar-refractivity contribution >= 4 is 29.2 Å². The van der Waals surface area contributed by atoms with Crippen molar-refractivity contribution in [3.63, 3.8) is 0 Å². The first-order valence-electron chi connectivity index (χ1n) is 5.86. The molecule has 1 aliphatic carbocycles. The molecule has 0 spiro atoms. The van der Waals surface area contributed by atoms with Crippen molar-refractivity contribution in [1.29, 1.82) is 0 Å². The highest BCUT2D eigenvalue weighted by molar-refractivity contribution is 6.55. The molecule has 0 aliphatic heterocycles. The Kier molecular flexibility index (Phi) is 5.61. The van der Waals surface area contributed by atoms with Crippen LogP contribution in [0.5, 0.6) is 0 Å². The van der Waals surface area contributed by atoms with Gasteiger partial charge in [0.15, 0.2) is 5.83 Å². The second-order valence-corrected chi connectivity index (χ2v) is 6.02. The van der Waals surface area contributed by atoms with Crippen molar-refractivity contribution in [3.8, 4) is 12.3 Å². The number of terminal acetylenes is 1. The number of ether oxygens (including phenoxy) is 1. The van der Waals surface area contributed by atoms with Crippen LogP contribution in [0.1, 0.15) is 13.8 Å². The van der Waals surface area contributed by atoms with E-state index in [1.165, 1.54) is 6.08 Å². The van der Waals surface area contributed by atoms with Gasteiger partial charge in [-0.05, 0) is 23.5 Å². The highest BCUT2D eigenvalue weighted by Gasteiger charge is 2.62. The third-order valence-corrected chi connectivity index (χ3v) is 3.63. The molecule has 0 heterocycles. The standard InChI is InChI=1S/C14H14Cl2F2O2/c1-4-10(9(18)5-6-17)20-13(19)12-8(7-11(15)16)14(12,2)3/h1,5,7-8,10,12H,6H2,2-3H3. The van der Waals surface area contributed by atoms with Gasteiger partial charge >= 0.3 is 5.97 Å². The molecule has 2 nitrogen and oxygen atoms in total. The maximum Gasteiger partial charge on any atom is 0.311 e. The molecule has 110 valence electrons. The largest absolute Gasteiger partial charge is 0.441 e. The molecule has 1 rings (SSSR count). The number of esters is 1. The van der Waals surface area contributed by atoms with E-state index in [1.54, 1.807) is 0 Å². The fourth-order valence-electron chi connectivity index (χ4n) is 2.11. The van der Waals surface area contributed by atoms with E-state index in [4.69, 9.17) is 34.4 Å². The Bertz CT molecular complexity index is 488. The van der Waals surface area contributed by atoms with Crippen LogP contribution in [0, 0.1) is 29.6 Å². The summed E-state index contributed by atoms with van der Waals surface area (Å²) in [6, 6.07) is 0. The van der Waals surface area contributed by atoms with Crippen molar-refractivity contribution in [1.82, 2.24) is 0 Å². The molecule has 0 saturated heterocycles. The van der Waals surface area contributed by atoms with Crippen molar-refractivity contribution in [2.45, 2.75) is 20.0 Å². The molecule has 1 aliphatic rings. The summed E-state index contributed by atoms with van der Waals surface area (Å²) < 4.78 is 30.3. The SMILES string of the molecule is C#CC(OC(=O)C1C(C=C(Cl)Cl)C1(C)C)C(F)=CCF. The van der Waals surface area contributed by atoms with E-state index in [2.05, 4.69) is 0 Å². The lowest BCUT2D eigenvalue weighted by Crippen LogP contribution is -2.20. The topological polar surface area (TPSA) is 26.3 Å². The third-order valence-electron chi connectivity index (χ3n) is 3.38. The lowest BCUT2D eigenvalue weighted by Gasteiger charge is -2.11. The van der Waals surface area contributed by atoms with E-state index in [9.17, 15) is 13.6 Å². The van der Waals surface area contributed by atoms with Gasteiger partial charge in [0.25, 0.3) is 0 Å². The minimum absolute atomic E-state index is 0.0513. The number of allylic oxidation sites excluding steroid dienone is 2. The smallest absolute Gasteiger partial charge is 0.311 e. The predicted molar refractivity (Wildman–Crippen MR) is 74.4 cm³/mol. The Balaban J connectivity index is 2.76. The first-order valence-corrected chi connectivity index (χ1v) is 6.62. The van der Waals surface area contributed by atoms with Crippen LogP contribution in [0.15, 0.2) is 22.5 Å². The average Bonchev–Trinajstić information content (AvgIpc) is 2.86. The molecule has 0 aromatic carbocycles. The molecule has 0 aromatic heterocycles. The zero-order valence-corrected chi connectivity index (χ0v) is 12.5. The number of alkyl halides is 1. The maximum absolute atomic E-state index is 13.4. The predicted octanol–water partition coefficient (Wildman–Crippen LogP) is 3.95. The lowest BCUT2D eigenvalue weighted by molar-refractivity contribution is -0.148. The summed E-state index contributed by atoms with van der Waals surface area (Å²) in [6.07, 6.45) is 5.73. The van der Waals surface area contributed by atoms with E-state index in [0.717, 1.165) is 0 Å². The van der Waals surface area contributed by atoms with Gasteiger partial charge in [-0.3, -0.25) is 4.79 Å². The monoisotopic (exact) mass is 322 g/mol. The molecule has 3 atom stereocenters. The number of hydrogen-bond acceptors (Lipinski definition) is 2. The zero-order chi connectivity index (χ0) is 15.5. The summed E-state index contributed by atoms with van der Waals surface area (Å²) in [5.74, 6) is -0.402. The molecule has 1 fully saturated rings. The Labute approximate surface area is 126 Å². The first-order chi connectivity index (χ1) is 9.25. The summed E-state index contributed by atoms with van der Waals surface area (Å²) in [6.45, 7) is 2.63. The normalized spacial score (nSPS) is 25.4. The van der Waals surface area contributed by atoms with Crippen molar-refractivity contribution in [3.05, 3.63) is 22.5 Å². The van der Waals surface area contributed by atoms with Crippen LogP contribution in [0.4, 0.5) is 8.78 Å². The highest BCUT2D eigenvalue weighted by atomic mass is 35.5. The number of hydrogen-bond donors (Lipinski definition) is 0. The van der Waals surface area contributed by atoms with Gasteiger partial charge in [0, 0.05) is 0 Å². The van der Waals surface area contributed by atoms with Crippen LogP contribution in [-0.4, -0.2) is 18.7 Å². The van der Waals surface area contributed by atoms with Crippen LogP contribution in [-0.2, 0) is 9.53 Å². The lowest BCUT2D eigenvalue weighted by atomic mass is 10.1. The van der Waals surface area contributed by atoms with E-state index < -0.39 is 35.9 Å². The maximum atomic E-state index is 13.4. The molecule has 0 bridgehead atoms. The quantitative estimate of drug-likeness (QED) is 0.566. The van der Waals surface area contributed by atoms with Crippen LogP contribution < -0.4 is 0 Å². The summed E-state index contributed by atoms with van der Waals surface area (Å²) >= 11 is 11.1. The molecule has 0 radical (unpaired) electrons. The van der Waals surface area contributed by atoms with Gasteiger partial charge in [-0.25, -0.2) is 8.78 Å². The Hall–Kier alpha value is -1.05. The Morgan fingerprint density at radius 1 is 1.55 bits per heavy atom. The van der Waals surface area contributed by atoms with Crippen molar-refractivity contribution in [2.75, 3.05) is 6.67 Å². The highest BCUT2D eigenvalue weighted by Crippen LogP contribution is 2.60. The van der Waals surface area contributed by atoms with Gasteiger partial charge in [0.1, 0.15) is 11.2 Å². The van der Waals surface area contributed by atoms with E-state index in [-0.39, 0.29) is 10.4 Å². The molecule has 0 amide bonds. The molecule has 0 aromatic rings. The van der Waals surface area contributed by atoms with Crippen LogP contribution in [0.25, 0.3) is 0 Å². The molecule has 0 N–H and O–H groups in total. The van der Waals surface area contributed by atoms with Gasteiger partial charge in [0.05, 0.1) is 5.92 Å². The van der Waals surface area contributed by atoms with E-state index in [0.29, 0.717) is 6.08 Å². The minimum atomic E-state index is -1.51. The summed E-state index contributed by atoms with van der Waals surface area (Å²) in [4.78, 5) is 12.0. The molecule has 1 saturated carbocycles. The fraction of sp³-hybridized carbons (Fsp3) is 0.500. The molecular formula is C14H14Cl2F2O2. The van der Waals surface area contributed by atoms with E-state index >= 15 is 0 Å². The van der Waals surface area contributed by atoms with Crippen LogP contribution in [0.3, 0.4) is 0 Å². The van der Waals surface area contributed by atoms with Crippen molar-refractivity contribution in [2.24, 2.45) is 17.3 Å². The van der Waals surface area contributed by atoms with Gasteiger partial charge in [-0.2, -0.15) is 0 Å². The number of rotatable bonds is 5. The average molecular weight is 323 g/mol. The summed E-state index contributed by atoms with van der Waals surface area (Å²) in [7, 11) is 0. The molecule has 20 heavy (non-hydrogen) atoms. The van der Waals surface area contributed by atoms with Gasteiger partial charge < -0.3 is 4.74 Å².